The van der Waals surface area contributed by atoms with Crippen LogP contribution in [0.25, 0.3) is 0 Å². The highest BCUT2D eigenvalue weighted by atomic mass is 19.4. The minimum atomic E-state index is -4.74. The SMILES string of the molecule is Cn1c(C(F)(F)F)nn(CCNC(=O)C2CC(=O)N(c3ccccc3)C2)c1=O. The van der Waals surface area contributed by atoms with E-state index in [1.165, 1.54) is 4.90 Å². The molecule has 0 saturated carbocycles. The molecule has 1 aromatic carbocycles. The molecule has 28 heavy (non-hydrogen) atoms. The summed E-state index contributed by atoms with van der Waals surface area (Å²) in [6.45, 7) is -0.0723. The summed E-state index contributed by atoms with van der Waals surface area (Å²) in [5.41, 5.74) is -0.226. The van der Waals surface area contributed by atoms with Gasteiger partial charge in [-0.1, -0.05) is 18.2 Å². The molecule has 11 heteroatoms. The van der Waals surface area contributed by atoms with Crippen molar-refractivity contribution in [3.8, 4) is 0 Å². The Kier molecular flexibility index (Phi) is 5.25. The lowest BCUT2D eigenvalue weighted by Gasteiger charge is -2.16. The van der Waals surface area contributed by atoms with E-state index in [4.69, 9.17) is 0 Å². The number of anilines is 1. The molecule has 1 unspecified atom stereocenters. The molecule has 1 aromatic heterocycles. The molecule has 2 amide bonds. The third-order valence-electron chi connectivity index (χ3n) is 4.48. The van der Waals surface area contributed by atoms with Crippen LogP contribution in [0, 0.1) is 5.92 Å². The van der Waals surface area contributed by atoms with Crippen molar-refractivity contribution in [1.82, 2.24) is 19.7 Å². The van der Waals surface area contributed by atoms with Gasteiger partial charge in [0.05, 0.1) is 12.5 Å². The summed E-state index contributed by atoms with van der Waals surface area (Å²) in [6.07, 6.45) is -4.70. The molecule has 2 aromatic rings. The number of hydrogen-bond donors (Lipinski definition) is 1. The number of carbonyl (C=O) groups excluding carboxylic acids is 2. The second-order valence-electron chi connectivity index (χ2n) is 6.42. The van der Waals surface area contributed by atoms with Crippen LogP contribution in [-0.4, -0.2) is 39.3 Å². The van der Waals surface area contributed by atoms with Crippen LogP contribution in [0.3, 0.4) is 0 Å². The molecule has 1 aliphatic heterocycles. The van der Waals surface area contributed by atoms with Gasteiger partial charge in [-0.25, -0.2) is 9.48 Å². The molecule has 1 aliphatic rings. The third-order valence-corrected chi connectivity index (χ3v) is 4.48. The first-order valence-electron chi connectivity index (χ1n) is 8.52. The Morgan fingerprint density at radius 2 is 1.93 bits per heavy atom. The van der Waals surface area contributed by atoms with Crippen molar-refractivity contribution in [2.75, 3.05) is 18.0 Å². The first kappa shape index (κ1) is 19.6. The molecule has 8 nitrogen and oxygen atoms in total. The quantitative estimate of drug-likeness (QED) is 0.807. The van der Waals surface area contributed by atoms with E-state index in [1.54, 1.807) is 24.3 Å². The summed E-state index contributed by atoms with van der Waals surface area (Å²) >= 11 is 0. The van der Waals surface area contributed by atoms with Gasteiger partial charge in [-0.05, 0) is 12.1 Å². The van der Waals surface area contributed by atoms with Gasteiger partial charge in [0.15, 0.2) is 0 Å². The van der Waals surface area contributed by atoms with Crippen molar-refractivity contribution in [1.29, 1.82) is 0 Å². The van der Waals surface area contributed by atoms with Gasteiger partial charge in [0.1, 0.15) is 0 Å². The molecule has 1 atom stereocenters. The zero-order chi connectivity index (χ0) is 20.5. The number of amides is 2. The molecular weight excluding hydrogens is 379 g/mol. The van der Waals surface area contributed by atoms with Gasteiger partial charge in [0.25, 0.3) is 0 Å². The highest BCUT2D eigenvalue weighted by Crippen LogP contribution is 2.26. The molecule has 0 aliphatic carbocycles. The minimum absolute atomic E-state index is 0.0441. The van der Waals surface area contributed by atoms with E-state index in [9.17, 15) is 27.6 Å². The molecule has 150 valence electrons. The number of hydrogen-bond acceptors (Lipinski definition) is 4. The van der Waals surface area contributed by atoms with Crippen molar-refractivity contribution in [2.45, 2.75) is 19.1 Å². The minimum Gasteiger partial charge on any atom is -0.354 e. The van der Waals surface area contributed by atoms with Gasteiger partial charge in [0.2, 0.25) is 17.6 Å². The van der Waals surface area contributed by atoms with Crippen LogP contribution in [-0.2, 0) is 29.4 Å². The maximum atomic E-state index is 12.8. The number of nitrogens with one attached hydrogen (secondary N) is 1. The van der Waals surface area contributed by atoms with E-state index < -0.39 is 29.5 Å². The molecule has 0 spiro atoms. The van der Waals surface area contributed by atoms with Crippen molar-refractivity contribution in [3.63, 3.8) is 0 Å². The van der Waals surface area contributed by atoms with E-state index in [0.29, 0.717) is 14.9 Å². The van der Waals surface area contributed by atoms with Crippen LogP contribution in [0.15, 0.2) is 35.1 Å². The van der Waals surface area contributed by atoms with Crippen LogP contribution in [0.2, 0.25) is 0 Å². The Hall–Kier alpha value is -3.11. The predicted octanol–water partition coefficient (Wildman–Crippen LogP) is 0.770. The van der Waals surface area contributed by atoms with Crippen molar-refractivity contribution >= 4 is 17.5 Å². The fraction of sp³-hybridized carbons (Fsp3) is 0.412. The number of aromatic nitrogens is 3. The zero-order valence-corrected chi connectivity index (χ0v) is 14.9. The summed E-state index contributed by atoms with van der Waals surface area (Å²) in [4.78, 5) is 37.8. The molecule has 3 rings (SSSR count). The Balaban J connectivity index is 1.57. The van der Waals surface area contributed by atoms with Gasteiger partial charge in [-0.3, -0.25) is 14.2 Å². The molecule has 0 bridgehead atoms. The first-order valence-corrected chi connectivity index (χ1v) is 8.52. The highest BCUT2D eigenvalue weighted by molar-refractivity contribution is 6.00. The smallest absolute Gasteiger partial charge is 0.354 e. The highest BCUT2D eigenvalue weighted by Gasteiger charge is 2.38. The van der Waals surface area contributed by atoms with E-state index in [2.05, 4.69) is 10.4 Å². The Bertz CT molecular complexity index is 936. The fourth-order valence-corrected chi connectivity index (χ4v) is 3.05. The summed E-state index contributed by atoms with van der Waals surface area (Å²) in [5.74, 6) is -2.45. The average Bonchev–Trinajstić information content (AvgIpc) is 3.17. The molecule has 0 radical (unpaired) electrons. The van der Waals surface area contributed by atoms with Crippen molar-refractivity contribution < 1.29 is 22.8 Å². The number of rotatable bonds is 5. The molecular formula is C17H18F3N5O3. The summed E-state index contributed by atoms with van der Waals surface area (Å²) < 4.78 is 39.4. The standard InChI is InChI=1S/C17H18F3N5O3/c1-23-15(17(18,19)20)22-25(16(23)28)8-7-21-14(27)11-9-13(26)24(10-11)12-5-3-2-4-6-12/h2-6,11H,7-10H2,1H3,(H,21,27). The summed E-state index contributed by atoms with van der Waals surface area (Å²) in [7, 11) is 0.982. The summed E-state index contributed by atoms with van der Waals surface area (Å²) in [6, 6.07) is 8.93. The van der Waals surface area contributed by atoms with Crippen LogP contribution >= 0.6 is 0 Å². The maximum Gasteiger partial charge on any atom is 0.451 e. The Labute approximate surface area is 157 Å². The predicted molar refractivity (Wildman–Crippen MR) is 92.4 cm³/mol. The Morgan fingerprint density at radius 1 is 1.25 bits per heavy atom. The molecule has 1 saturated heterocycles. The first-order chi connectivity index (χ1) is 13.2. The summed E-state index contributed by atoms with van der Waals surface area (Å²) in [5, 5.41) is 5.82. The monoisotopic (exact) mass is 397 g/mol. The van der Waals surface area contributed by atoms with Crippen LogP contribution in [0.4, 0.5) is 18.9 Å². The normalized spacial score (nSPS) is 17.2. The largest absolute Gasteiger partial charge is 0.451 e. The molecule has 2 heterocycles. The lowest BCUT2D eigenvalue weighted by molar-refractivity contribution is -0.147. The lowest BCUT2D eigenvalue weighted by atomic mass is 10.1. The lowest BCUT2D eigenvalue weighted by Crippen LogP contribution is -2.36. The van der Waals surface area contributed by atoms with E-state index in [0.717, 1.165) is 7.05 Å². The zero-order valence-electron chi connectivity index (χ0n) is 14.9. The van der Waals surface area contributed by atoms with Gasteiger partial charge in [-0.2, -0.15) is 13.2 Å². The van der Waals surface area contributed by atoms with Crippen LogP contribution in [0.1, 0.15) is 12.2 Å². The van der Waals surface area contributed by atoms with E-state index in [1.807, 2.05) is 6.07 Å². The van der Waals surface area contributed by atoms with Gasteiger partial charge < -0.3 is 10.2 Å². The van der Waals surface area contributed by atoms with Crippen molar-refractivity contribution in [3.05, 3.63) is 46.6 Å². The Morgan fingerprint density at radius 3 is 2.54 bits per heavy atom. The van der Waals surface area contributed by atoms with Crippen LogP contribution in [0.5, 0.6) is 0 Å². The third kappa shape index (κ3) is 3.92. The van der Waals surface area contributed by atoms with Crippen molar-refractivity contribution in [2.24, 2.45) is 13.0 Å². The number of para-hydroxylation sites is 1. The molecule has 1 N–H and O–H groups in total. The molecule has 1 fully saturated rings. The van der Waals surface area contributed by atoms with Gasteiger partial charge in [-0.15, -0.1) is 5.10 Å². The van der Waals surface area contributed by atoms with E-state index >= 15 is 0 Å². The number of halogens is 3. The number of alkyl halides is 3. The van der Waals surface area contributed by atoms with Crippen LogP contribution < -0.4 is 15.9 Å². The second kappa shape index (κ2) is 7.49. The van der Waals surface area contributed by atoms with Gasteiger partial charge in [0, 0.05) is 32.2 Å². The number of carbonyl (C=O) groups is 2. The topological polar surface area (TPSA) is 89.2 Å². The van der Waals surface area contributed by atoms with E-state index in [-0.39, 0.29) is 32.0 Å². The number of benzene rings is 1. The number of nitrogens with zero attached hydrogens (tertiary/aromatic N) is 4. The maximum absolute atomic E-state index is 12.8. The van der Waals surface area contributed by atoms with Gasteiger partial charge >= 0.3 is 11.9 Å². The second-order valence-corrected chi connectivity index (χ2v) is 6.42. The fourth-order valence-electron chi connectivity index (χ4n) is 3.05. The average molecular weight is 397 g/mol.